The number of rotatable bonds is 2. The number of nitrogens with one attached hydrogen (secondary N) is 1. The van der Waals surface area contributed by atoms with Crippen molar-refractivity contribution >= 4 is 5.71 Å². The summed E-state index contributed by atoms with van der Waals surface area (Å²) in [6.45, 7) is 6.30. The minimum Gasteiger partial charge on any atom is -0.458 e. The van der Waals surface area contributed by atoms with Gasteiger partial charge in [0.1, 0.15) is 11.4 Å². The lowest BCUT2D eigenvalue weighted by Crippen LogP contribution is -2.50. The predicted molar refractivity (Wildman–Crippen MR) is 123 cm³/mol. The number of ether oxygens (including phenoxy) is 2. The molecule has 0 aromatic rings. The molecule has 4 heteroatoms. The van der Waals surface area contributed by atoms with Crippen molar-refractivity contribution in [2.24, 2.45) is 23.2 Å². The first-order valence-electron chi connectivity index (χ1n) is 11.6. The van der Waals surface area contributed by atoms with E-state index in [4.69, 9.17) is 14.9 Å². The van der Waals surface area contributed by atoms with E-state index in [1.807, 2.05) is 19.9 Å². The van der Waals surface area contributed by atoms with Gasteiger partial charge in [0, 0.05) is 11.1 Å². The van der Waals surface area contributed by atoms with Crippen LogP contribution in [-0.4, -0.2) is 23.2 Å². The normalized spacial score (nSPS) is 39.0. The van der Waals surface area contributed by atoms with Gasteiger partial charge in [-0.25, -0.2) is 0 Å². The van der Waals surface area contributed by atoms with Gasteiger partial charge in [-0.3, -0.25) is 0 Å². The van der Waals surface area contributed by atoms with Crippen LogP contribution in [0.3, 0.4) is 0 Å². The number of aliphatic hydroxyl groups is 1. The van der Waals surface area contributed by atoms with Crippen molar-refractivity contribution in [3.63, 3.8) is 0 Å². The monoisotopic (exact) mass is 421 g/mol. The molecule has 0 bridgehead atoms. The molecule has 0 radical (unpaired) electrons. The highest BCUT2D eigenvalue weighted by atomic mass is 16.7. The number of fused-ring (bicyclic) bond motifs is 3. The van der Waals surface area contributed by atoms with E-state index in [-0.39, 0.29) is 18.1 Å². The molecule has 3 aliphatic carbocycles. The van der Waals surface area contributed by atoms with Crippen LogP contribution in [0.5, 0.6) is 0 Å². The van der Waals surface area contributed by atoms with Crippen LogP contribution in [0.25, 0.3) is 0 Å². The van der Waals surface area contributed by atoms with Gasteiger partial charge in [0.15, 0.2) is 5.76 Å². The Kier molecular flexibility index (Phi) is 6.17. The van der Waals surface area contributed by atoms with Crippen LogP contribution in [0, 0.1) is 40.4 Å². The topological polar surface area (TPSA) is 62.5 Å². The largest absolute Gasteiger partial charge is 0.458 e. The van der Waals surface area contributed by atoms with Crippen LogP contribution in [0.2, 0.25) is 0 Å². The summed E-state index contributed by atoms with van der Waals surface area (Å²) in [5.74, 6) is 8.90. The second-order valence-electron chi connectivity index (χ2n) is 9.65. The molecule has 2 saturated carbocycles. The molecule has 2 N–H and O–H groups in total. The molecule has 5 atom stereocenters. The summed E-state index contributed by atoms with van der Waals surface area (Å²) in [6.07, 6.45) is 17.1. The van der Waals surface area contributed by atoms with Gasteiger partial charge >= 0.3 is 0 Å². The lowest BCUT2D eigenvalue weighted by Gasteiger charge is -2.51. The minimum absolute atomic E-state index is 0.219. The highest BCUT2D eigenvalue weighted by molar-refractivity contribution is 5.92. The van der Waals surface area contributed by atoms with E-state index < -0.39 is 5.60 Å². The summed E-state index contributed by atoms with van der Waals surface area (Å²) in [6, 6.07) is 0. The molecule has 0 spiro atoms. The van der Waals surface area contributed by atoms with Crippen molar-refractivity contribution < 1.29 is 14.6 Å². The van der Waals surface area contributed by atoms with Crippen molar-refractivity contribution in [3.05, 3.63) is 47.5 Å². The van der Waals surface area contributed by atoms with Crippen LogP contribution in [0.1, 0.15) is 65.7 Å². The second-order valence-corrected chi connectivity index (χ2v) is 9.65. The van der Waals surface area contributed by atoms with Gasteiger partial charge < -0.3 is 20.0 Å². The van der Waals surface area contributed by atoms with E-state index in [0.29, 0.717) is 17.5 Å². The van der Waals surface area contributed by atoms with Gasteiger partial charge in [-0.1, -0.05) is 36.6 Å². The molecule has 0 saturated heterocycles. The molecule has 2 fully saturated rings. The van der Waals surface area contributed by atoms with Gasteiger partial charge in [-0.15, -0.1) is 5.92 Å². The van der Waals surface area contributed by atoms with Crippen molar-refractivity contribution in [2.75, 3.05) is 6.79 Å². The summed E-state index contributed by atoms with van der Waals surface area (Å²) >= 11 is 0. The van der Waals surface area contributed by atoms with Crippen LogP contribution >= 0.6 is 0 Å². The fourth-order valence-electron chi connectivity index (χ4n) is 6.29. The lowest BCUT2D eigenvalue weighted by atomic mass is 9.54. The Bertz CT molecular complexity index is 915. The summed E-state index contributed by atoms with van der Waals surface area (Å²) in [4.78, 5) is 0. The maximum atomic E-state index is 11.6. The third kappa shape index (κ3) is 4.01. The van der Waals surface area contributed by atoms with Gasteiger partial charge in [0.05, 0.1) is 0 Å². The Morgan fingerprint density at radius 3 is 2.84 bits per heavy atom. The first kappa shape index (κ1) is 22.0. The maximum absolute atomic E-state index is 11.6. The molecular formula is C27H35NO3. The molecule has 0 amide bonds. The molecule has 4 aliphatic rings. The SMILES string of the molecule is CC#C[C@]1(O)CC[C@H]2[C@@H]3CC/C=C/C(=N)CCC=C3[C@@H](/C=C/C3=C(C)OCO3)C[C@@]21C. The fraction of sp³-hybridized carbons (Fsp3) is 0.593. The quantitative estimate of drug-likeness (QED) is 0.447. The number of allylic oxidation sites excluding steroid dienone is 7. The van der Waals surface area contributed by atoms with Crippen molar-refractivity contribution in [3.8, 4) is 11.8 Å². The molecule has 0 unspecified atom stereocenters. The van der Waals surface area contributed by atoms with E-state index in [0.717, 1.165) is 56.5 Å². The first-order chi connectivity index (χ1) is 14.9. The van der Waals surface area contributed by atoms with Crippen molar-refractivity contribution in [1.82, 2.24) is 0 Å². The third-order valence-corrected chi connectivity index (χ3v) is 7.97. The fourth-order valence-corrected chi connectivity index (χ4v) is 6.29. The standard InChI is InChI=1S/C27H35NO3/c1-4-15-27(29)16-14-24-23-10-6-5-8-21(28)9-7-11-22(23)20(17-26(24,27)3)12-13-25-19(2)30-18-31-25/h5,8,11-13,20,23-24,28-29H,6-7,9-10,14,16-18H2,1-3H3/b8-5+,13-12+,22-11?,28-21?/t20-,23+,24-,26-,27-/m0/s1. The van der Waals surface area contributed by atoms with Gasteiger partial charge in [-0.2, -0.15) is 0 Å². The van der Waals surface area contributed by atoms with E-state index >= 15 is 0 Å². The minimum atomic E-state index is -0.931. The molecule has 166 valence electrons. The zero-order valence-corrected chi connectivity index (χ0v) is 19.0. The zero-order valence-electron chi connectivity index (χ0n) is 19.0. The van der Waals surface area contributed by atoms with Crippen LogP contribution in [0.15, 0.2) is 47.5 Å². The summed E-state index contributed by atoms with van der Waals surface area (Å²) < 4.78 is 11.1. The number of hydrogen-bond acceptors (Lipinski definition) is 4. The molecular weight excluding hydrogens is 386 g/mol. The predicted octanol–water partition coefficient (Wildman–Crippen LogP) is 5.66. The molecule has 4 nitrogen and oxygen atoms in total. The molecule has 4 rings (SSSR count). The second kappa shape index (κ2) is 8.71. The Hall–Kier alpha value is -2.25. The number of hydrogen-bond donors (Lipinski definition) is 2. The maximum Gasteiger partial charge on any atom is 0.230 e. The Morgan fingerprint density at radius 2 is 2.10 bits per heavy atom. The molecule has 0 aromatic heterocycles. The highest BCUT2D eigenvalue weighted by Crippen LogP contribution is 2.63. The molecule has 31 heavy (non-hydrogen) atoms. The van der Waals surface area contributed by atoms with Crippen molar-refractivity contribution in [2.45, 2.75) is 71.3 Å². The highest BCUT2D eigenvalue weighted by Gasteiger charge is 2.61. The van der Waals surface area contributed by atoms with Crippen LogP contribution in [-0.2, 0) is 9.47 Å². The van der Waals surface area contributed by atoms with Gasteiger partial charge in [-0.05, 0) is 88.7 Å². The average Bonchev–Trinajstić information content (AvgIpc) is 3.25. The molecule has 1 aliphatic heterocycles. The lowest BCUT2D eigenvalue weighted by molar-refractivity contribution is -0.0533. The average molecular weight is 422 g/mol. The van der Waals surface area contributed by atoms with Gasteiger partial charge in [0.2, 0.25) is 6.79 Å². The summed E-state index contributed by atoms with van der Waals surface area (Å²) in [7, 11) is 0. The van der Waals surface area contributed by atoms with E-state index in [2.05, 4.69) is 43.1 Å². The van der Waals surface area contributed by atoms with Gasteiger partial charge in [0.25, 0.3) is 0 Å². The Balaban J connectivity index is 1.74. The summed E-state index contributed by atoms with van der Waals surface area (Å²) in [5, 5.41) is 19.7. The van der Waals surface area contributed by atoms with Crippen LogP contribution < -0.4 is 0 Å². The van der Waals surface area contributed by atoms with Crippen molar-refractivity contribution in [1.29, 1.82) is 5.41 Å². The van der Waals surface area contributed by atoms with E-state index in [1.165, 1.54) is 5.57 Å². The third-order valence-electron chi connectivity index (χ3n) is 7.97. The van der Waals surface area contributed by atoms with E-state index in [1.54, 1.807) is 0 Å². The smallest absolute Gasteiger partial charge is 0.230 e. The molecule has 1 heterocycles. The first-order valence-corrected chi connectivity index (χ1v) is 11.6. The molecule has 0 aromatic carbocycles. The van der Waals surface area contributed by atoms with E-state index in [9.17, 15) is 5.11 Å². The zero-order chi connectivity index (χ0) is 22.1. The van der Waals surface area contributed by atoms with Crippen LogP contribution in [0.4, 0.5) is 0 Å². The Labute approximate surface area is 186 Å². The summed E-state index contributed by atoms with van der Waals surface area (Å²) in [5.41, 5.74) is 1.00. The Morgan fingerprint density at radius 1 is 1.26 bits per heavy atom.